The van der Waals surface area contributed by atoms with Crippen LogP contribution in [0.5, 0.6) is 0 Å². The number of fused-ring (bicyclic) bond motifs is 1. The first-order valence-electron chi connectivity index (χ1n) is 9.18. The van der Waals surface area contributed by atoms with Crippen LogP contribution in [0.25, 0.3) is 11.4 Å². The smallest absolute Gasteiger partial charge is 0.161 e. The van der Waals surface area contributed by atoms with E-state index in [1.165, 1.54) is 12.0 Å². The molecule has 1 fully saturated rings. The van der Waals surface area contributed by atoms with Gasteiger partial charge in [0.1, 0.15) is 5.82 Å². The van der Waals surface area contributed by atoms with E-state index >= 15 is 0 Å². The second kappa shape index (κ2) is 7.45. The van der Waals surface area contributed by atoms with Gasteiger partial charge in [0.05, 0.1) is 12.3 Å². The van der Waals surface area contributed by atoms with Gasteiger partial charge in [-0.3, -0.25) is 4.98 Å². The van der Waals surface area contributed by atoms with E-state index in [9.17, 15) is 0 Å². The summed E-state index contributed by atoms with van der Waals surface area (Å²) in [5.41, 5.74) is 3.41. The van der Waals surface area contributed by atoms with Gasteiger partial charge >= 0.3 is 0 Å². The van der Waals surface area contributed by atoms with Crippen LogP contribution in [0, 0.1) is 5.92 Å². The average molecular weight is 339 g/mol. The standard InChI is InChI=1S/C19H25N5O/c1-2-9-25-13-14-5-8-24(12-14)19-16-10-21-11-17(16)22-18(23-19)15-3-6-20-7-4-15/h3-4,6-7,14,21H,2,5,8-13H2,1H3/t14-/m1/s1. The number of hydrogen-bond acceptors (Lipinski definition) is 6. The Labute approximate surface area is 148 Å². The maximum atomic E-state index is 5.76. The Balaban J connectivity index is 1.58. The molecule has 2 aliphatic heterocycles. The molecule has 0 bridgehead atoms. The Morgan fingerprint density at radius 2 is 2.12 bits per heavy atom. The van der Waals surface area contributed by atoms with Gasteiger partial charge in [-0.15, -0.1) is 0 Å². The normalized spacial score (nSPS) is 19.4. The summed E-state index contributed by atoms with van der Waals surface area (Å²) in [6.45, 7) is 7.60. The van der Waals surface area contributed by atoms with E-state index in [0.29, 0.717) is 5.92 Å². The van der Waals surface area contributed by atoms with E-state index in [1.807, 2.05) is 12.1 Å². The number of aromatic nitrogens is 3. The third kappa shape index (κ3) is 3.50. The molecule has 25 heavy (non-hydrogen) atoms. The molecule has 0 aromatic carbocycles. The summed E-state index contributed by atoms with van der Waals surface area (Å²) in [7, 11) is 0. The highest BCUT2D eigenvalue weighted by atomic mass is 16.5. The first-order chi connectivity index (χ1) is 12.3. The molecule has 132 valence electrons. The Hall–Kier alpha value is -2.05. The van der Waals surface area contributed by atoms with Crippen LogP contribution >= 0.6 is 0 Å². The average Bonchev–Trinajstić information content (AvgIpc) is 3.31. The Bertz CT molecular complexity index is 721. The second-order valence-corrected chi connectivity index (χ2v) is 6.81. The minimum atomic E-state index is 0.593. The predicted molar refractivity (Wildman–Crippen MR) is 97.2 cm³/mol. The fraction of sp³-hybridized carbons (Fsp3) is 0.526. The Morgan fingerprint density at radius 3 is 2.96 bits per heavy atom. The summed E-state index contributed by atoms with van der Waals surface area (Å²) in [6, 6.07) is 3.94. The molecule has 1 atom stereocenters. The molecule has 0 spiro atoms. The molecule has 4 rings (SSSR count). The zero-order chi connectivity index (χ0) is 17.1. The van der Waals surface area contributed by atoms with Crippen LogP contribution in [-0.4, -0.2) is 41.3 Å². The molecule has 2 aliphatic rings. The molecule has 0 unspecified atom stereocenters. The lowest BCUT2D eigenvalue weighted by molar-refractivity contribution is 0.106. The van der Waals surface area contributed by atoms with Crippen LogP contribution in [0.3, 0.4) is 0 Å². The summed E-state index contributed by atoms with van der Waals surface area (Å²) in [5.74, 6) is 2.49. The van der Waals surface area contributed by atoms with Crippen molar-refractivity contribution >= 4 is 5.82 Å². The number of ether oxygens (including phenoxy) is 1. The second-order valence-electron chi connectivity index (χ2n) is 6.81. The van der Waals surface area contributed by atoms with Gasteiger partial charge < -0.3 is 15.0 Å². The molecule has 2 aromatic heterocycles. The zero-order valence-electron chi connectivity index (χ0n) is 14.7. The van der Waals surface area contributed by atoms with E-state index in [1.54, 1.807) is 12.4 Å². The van der Waals surface area contributed by atoms with Crippen LogP contribution < -0.4 is 10.2 Å². The topological polar surface area (TPSA) is 63.2 Å². The summed E-state index contributed by atoms with van der Waals surface area (Å²) in [4.78, 5) is 16.2. The van der Waals surface area contributed by atoms with Crippen molar-refractivity contribution in [1.29, 1.82) is 0 Å². The maximum Gasteiger partial charge on any atom is 0.161 e. The van der Waals surface area contributed by atoms with E-state index < -0.39 is 0 Å². The fourth-order valence-corrected chi connectivity index (χ4v) is 3.60. The molecule has 6 heteroatoms. The minimum Gasteiger partial charge on any atom is -0.381 e. The number of hydrogen-bond donors (Lipinski definition) is 1. The molecule has 6 nitrogen and oxygen atoms in total. The molecule has 0 saturated carbocycles. The maximum absolute atomic E-state index is 5.76. The lowest BCUT2D eigenvalue weighted by Gasteiger charge is -2.21. The molecule has 0 amide bonds. The van der Waals surface area contributed by atoms with Gasteiger partial charge in [0, 0.05) is 62.2 Å². The first-order valence-corrected chi connectivity index (χ1v) is 9.18. The van der Waals surface area contributed by atoms with Gasteiger partial charge in [0.15, 0.2) is 5.82 Å². The van der Waals surface area contributed by atoms with E-state index in [0.717, 1.165) is 68.7 Å². The van der Waals surface area contributed by atoms with E-state index in [-0.39, 0.29) is 0 Å². The van der Waals surface area contributed by atoms with Crippen LogP contribution in [-0.2, 0) is 17.8 Å². The van der Waals surface area contributed by atoms with E-state index in [2.05, 4.69) is 22.1 Å². The highest BCUT2D eigenvalue weighted by Gasteiger charge is 2.29. The van der Waals surface area contributed by atoms with Crippen LogP contribution in [0.4, 0.5) is 5.82 Å². The summed E-state index contributed by atoms with van der Waals surface area (Å²) >= 11 is 0. The summed E-state index contributed by atoms with van der Waals surface area (Å²) in [5, 5.41) is 3.42. The number of nitrogens with one attached hydrogen (secondary N) is 1. The summed E-state index contributed by atoms with van der Waals surface area (Å²) in [6.07, 6.45) is 5.83. The molecular formula is C19H25N5O. The van der Waals surface area contributed by atoms with Crippen LogP contribution in [0.1, 0.15) is 31.0 Å². The van der Waals surface area contributed by atoms with Crippen molar-refractivity contribution in [3.05, 3.63) is 35.8 Å². The monoisotopic (exact) mass is 339 g/mol. The van der Waals surface area contributed by atoms with Gasteiger partial charge in [-0.25, -0.2) is 9.97 Å². The SMILES string of the molecule is CCCOC[C@@H]1CCN(c2nc(-c3ccncc3)nc3c2CNC3)C1. The summed E-state index contributed by atoms with van der Waals surface area (Å²) < 4.78 is 5.76. The highest BCUT2D eigenvalue weighted by molar-refractivity contribution is 5.61. The molecular weight excluding hydrogens is 314 g/mol. The van der Waals surface area contributed by atoms with Crippen molar-refractivity contribution in [2.24, 2.45) is 5.92 Å². The van der Waals surface area contributed by atoms with Crippen molar-refractivity contribution < 1.29 is 4.74 Å². The van der Waals surface area contributed by atoms with Crippen molar-refractivity contribution in [1.82, 2.24) is 20.3 Å². The number of pyridine rings is 1. The third-order valence-corrected chi connectivity index (χ3v) is 4.89. The fourth-order valence-electron chi connectivity index (χ4n) is 3.60. The van der Waals surface area contributed by atoms with E-state index in [4.69, 9.17) is 14.7 Å². The highest BCUT2D eigenvalue weighted by Crippen LogP contribution is 2.31. The predicted octanol–water partition coefficient (Wildman–Crippen LogP) is 2.39. The zero-order valence-corrected chi connectivity index (χ0v) is 14.7. The number of rotatable bonds is 6. The third-order valence-electron chi connectivity index (χ3n) is 4.89. The van der Waals surface area contributed by atoms with Gasteiger partial charge in [-0.1, -0.05) is 6.92 Å². The quantitative estimate of drug-likeness (QED) is 0.816. The van der Waals surface area contributed by atoms with Gasteiger partial charge in [-0.05, 0) is 25.0 Å². The van der Waals surface area contributed by atoms with Crippen molar-refractivity contribution in [3.8, 4) is 11.4 Å². The largest absolute Gasteiger partial charge is 0.381 e. The molecule has 1 N–H and O–H groups in total. The van der Waals surface area contributed by atoms with Crippen molar-refractivity contribution in [3.63, 3.8) is 0 Å². The van der Waals surface area contributed by atoms with Crippen LogP contribution in [0.2, 0.25) is 0 Å². The molecule has 1 saturated heterocycles. The van der Waals surface area contributed by atoms with Gasteiger partial charge in [-0.2, -0.15) is 0 Å². The molecule has 0 radical (unpaired) electrons. The molecule has 0 aliphatic carbocycles. The molecule has 2 aromatic rings. The first kappa shape index (κ1) is 16.4. The lowest BCUT2D eigenvalue weighted by atomic mass is 10.1. The van der Waals surface area contributed by atoms with Crippen molar-refractivity contribution in [2.75, 3.05) is 31.2 Å². The Kier molecular flexibility index (Phi) is 4.90. The number of nitrogens with zero attached hydrogens (tertiary/aromatic N) is 4. The Morgan fingerprint density at radius 1 is 1.24 bits per heavy atom. The van der Waals surface area contributed by atoms with Crippen molar-refractivity contribution in [2.45, 2.75) is 32.9 Å². The lowest BCUT2D eigenvalue weighted by Crippen LogP contribution is -2.24. The molecule has 4 heterocycles. The van der Waals surface area contributed by atoms with Gasteiger partial charge in [0.2, 0.25) is 0 Å². The van der Waals surface area contributed by atoms with Crippen LogP contribution in [0.15, 0.2) is 24.5 Å². The minimum absolute atomic E-state index is 0.593. The number of anilines is 1. The van der Waals surface area contributed by atoms with Gasteiger partial charge in [0.25, 0.3) is 0 Å².